The molecule has 23 heavy (non-hydrogen) atoms. The average molecular weight is 344 g/mol. The lowest BCUT2D eigenvalue weighted by Gasteiger charge is -2.28. The second-order valence-electron chi connectivity index (χ2n) is 7.30. The highest BCUT2D eigenvalue weighted by molar-refractivity contribution is 5.89. The van der Waals surface area contributed by atoms with Crippen LogP contribution in [0.25, 0.3) is 0 Å². The van der Waals surface area contributed by atoms with Crippen molar-refractivity contribution in [2.75, 3.05) is 19.6 Å². The van der Waals surface area contributed by atoms with Crippen LogP contribution in [0, 0.1) is 5.92 Å². The maximum atomic E-state index is 12.8. The minimum Gasteiger partial charge on any atom is -0.341 e. The van der Waals surface area contributed by atoms with Gasteiger partial charge in [-0.3, -0.25) is 9.59 Å². The number of hydrogen-bond donors (Lipinski definition) is 1. The molecule has 4 unspecified atom stereocenters. The molecule has 6 heteroatoms. The Hall–Kier alpha value is -0.810. The minimum absolute atomic E-state index is 0. The Morgan fingerprint density at radius 3 is 2.74 bits per heavy atom. The third kappa shape index (κ3) is 4.00. The molecule has 2 amide bonds. The molecule has 3 aliphatic heterocycles. The first kappa shape index (κ1) is 18.5. The number of fused-ring (bicyclic) bond motifs is 2. The van der Waals surface area contributed by atoms with Gasteiger partial charge in [-0.05, 0) is 32.6 Å². The summed E-state index contributed by atoms with van der Waals surface area (Å²) in [4.78, 5) is 29.0. The third-order valence-electron chi connectivity index (χ3n) is 5.58. The van der Waals surface area contributed by atoms with Gasteiger partial charge in [0.1, 0.15) is 0 Å². The van der Waals surface area contributed by atoms with Gasteiger partial charge >= 0.3 is 0 Å². The number of nitrogens with zero attached hydrogens (tertiary/aromatic N) is 2. The van der Waals surface area contributed by atoms with Crippen LogP contribution in [-0.4, -0.2) is 59.4 Å². The number of nitrogens with one attached hydrogen (secondary N) is 1. The molecule has 0 aliphatic carbocycles. The Labute approximate surface area is 145 Å². The molecule has 0 aromatic carbocycles. The number of carbonyl (C=O) groups is 2. The van der Waals surface area contributed by atoms with E-state index in [-0.39, 0.29) is 36.2 Å². The zero-order chi connectivity index (χ0) is 15.7. The highest BCUT2D eigenvalue weighted by atomic mass is 35.5. The quantitative estimate of drug-likeness (QED) is 0.846. The first-order chi connectivity index (χ1) is 10.6. The molecule has 5 nitrogen and oxygen atoms in total. The molecule has 0 spiro atoms. The topological polar surface area (TPSA) is 52.7 Å². The van der Waals surface area contributed by atoms with Crippen LogP contribution in [0.1, 0.15) is 52.4 Å². The smallest absolute Gasteiger partial charge is 0.228 e. The third-order valence-corrected chi connectivity index (χ3v) is 5.58. The second-order valence-corrected chi connectivity index (χ2v) is 7.30. The molecule has 3 heterocycles. The van der Waals surface area contributed by atoms with E-state index < -0.39 is 0 Å². The summed E-state index contributed by atoms with van der Waals surface area (Å²) in [5.41, 5.74) is 0. The zero-order valence-corrected chi connectivity index (χ0v) is 15.1. The normalized spacial score (nSPS) is 31.7. The SMILES string of the molecule is CCCC(C)N1CC(C(=O)N2CCC3CCC(C2)N3)CC1=O.Cl. The van der Waals surface area contributed by atoms with Gasteiger partial charge in [-0.15, -0.1) is 12.4 Å². The van der Waals surface area contributed by atoms with E-state index in [1.165, 1.54) is 12.8 Å². The maximum absolute atomic E-state index is 12.8. The molecule has 0 aromatic heterocycles. The predicted molar refractivity (Wildman–Crippen MR) is 92.6 cm³/mol. The number of carbonyl (C=O) groups excluding carboxylic acids is 2. The summed E-state index contributed by atoms with van der Waals surface area (Å²) < 4.78 is 0. The van der Waals surface area contributed by atoms with Crippen molar-refractivity contribution in [3.63, 3.8) is 0 Å². The van der Waals surface area contributed by atoms with Crippen molar-refractivity contribution < 1.29 is 9.59 Å². The number of halogens is 1. The minimum atomic E-state index is -0.122. The van der Waals surface area contributed by atoms with Gasteiger partial charge in [-0.25, -0.2) is 0 Å². The van der Waals surface area contributed by atoms with Gasteiger partial charge in [-0.1, -0.05) is 13.3 Å². The fourth-order valence-corrected chi connectivity index (χ4v) is 4.30. The van der Waals surface area contributed by atoms with Gasteiger partial charge in [0.05, 0.1) is 5.92 Å². The van der Waals surface area contributed by atoms with Gasteiger partial charge in [0.15, 0.2) is 0 Å². The molecule has 132 valence electrons. The maximum Gasteiger partial charge on any atom is 0.228 e. The summed E-state index contributed by atoms with van der Waals surface area (Å²) >= 11 is 0. The van der Waals surface area contributed by atoms with E-state index in [9.17, 15) is 9.59 Å². The van der Waals surface area contributed by atoms with Gasteiger partial charge in [0.2, 0.25) is 11.8 Å². The van der Waals surface area contributed by atoms with Crippen LogP contribution in [-0.2, 0) is 9.59 Å². The molecular weight excluding hydrogens is 314 g/mol. The molecule has 2 bridgehead atoms. The lowest BCUT2D eigenvalue weighted by Crippen LogP contribution is -2.43. The lowest BCUT2D eigenvalue weighted by molar-refractivity contribution is -0.136. The number of rotatable bonds is 4. The van der Waals surface area contributed by atoms with Crippen LogP contribution in [0.2, 0.25) is 0 Å². The molecule has 3 aliphatic rings. The van der Waals surface area contributed by atoms with Crippen molar-refractivity contribution >= 4 is 24.2 Å². The molecule has 1 N–H and O–H groups in total. The number of hydrogen-bond acceptors (Lipinski definition) is 3. The van der Waals surface area contributed by atoms with Crippen molar-refractivity contribution in [2.24, 2.45) is 5.92 Å². The standard InChI is InChI=1S/C17H29N3O2.ClH/c1-3-4-12(2)20-10-13(9-16(20)21)17(22)19-8-7-14-5-6-15(11-19)18-14;/h12-15,18H,3-11H2,1-2H3;1H. The van der Waals surface area contributed by atoms with E-state index in [0.29, 0.717) is 25.0 Å². The van der Waals surface area contributed by atoms with E-state index >= 15 is 0 Å². The van der Waals surface area contributed by atoms with Crippen molar-refractivity contribution in [3.8, 4) is 0 Å². The summed E-state index contributed by atoms with van der Waals surface area (Å²) in [7, 11) is 0. The van der Waals surface area contributed by atoms with Crippen LogP contribution in [0.3, 0.4) is 0 Å². The first-order valence-corrected chi connectivity index (χ1v) is 8.92. The second kappa shape index (κ2) is 7.84. The number of likely N-dealkylation sites (tertiary alicyclic amines) is 2. The van der Waals surface area contributed by atoms with Crippen LogP contribution in [0.15, 0.2) is 0 Å². The molecular formula is C17H30ClN3O2. The molecule has 0 saturated carbocycles. The molecule has 4 atom stereocenters. The molecule has 3 saturated heterocycles. The highest BCUT2D eigenvalue weighted by Gasteiger charge is 2.40. The fourth-order valence-electron chi connectivity index (χ4n) is 4.30. The highest BCUT2D eigenvalue weighted by Crippen LogP contribution is 2.26. The van der Waals surface area contributed by atoms with Crippen LogP contribution in [0.4, 0.5) is 0 Å². The summed E-state index contributed by atoms with van der Waals surface area (Å²) in [5.74, 6) is 0.242. The van der Waals surface area contributed by atoms with E-state index in [1.54, 1.807) is 0 Å². The summed E-state index contributed by atoms with van der Waals surface area (Å²) in [6.45, 7) is 6.53. The van der Waals surface area contributed by atoms with Crippen molar-refractivity contribution in [2.45, 2.75) is 70.5 Å². The molecule has 0 aromatic rings. The molecule has 0 radical (unpaired) electrons. The van der Waals surface area contributed by atoms with Crippen LogP contribution < -0.4 is 5.32 Å². The lowest BCUT2D eigenvalue weighted by atomic mass is 10.0. The largest absolute Gasteiger partial charge is 0.341 e. The van der Waals surface area contributed by atoms with E-state index in [1.807, 2.05) is 9.80 Å². The van der Waals surface area contributed by atoms with Gasteiger partial charge < -0.3 is 15.1 Å². The van der Waals surface area contributed by atoms with Crippen molar-refractivity contribution in [1.82, 2.24) is 15.1 Å². The Kier molecular flexibility index (Phi) is 6.32. The van der Waals surface area contributed by atoms with E-state index in [2.05, 4.69) is 19.2 Å². The number of amides is 2. The first-order valence-electron chi connectivity index (χ1n) is 8.92. The van der Waals surface area contributed by atoms with Gasteiger partial charge in [0.25, 0.3) is 0 Å². The summed E-state index contributed by atoms with van der Waals surface area (Å²) in [6.07, 6.45) is 5.98. The monoisotopic (exact) mass is 343 g/mol. The zero-order valence-electron chi connectivity index (χ0n) is 14.3. The van der Waals surface area contributed by atoms with E-state index in [4.69, 9.17) is 0 Å². The van der Waals surface area contributed by atoms with Crippen LogP contribution >= 0.6 is 12.4 Å². The Balaban J connectivity index is 0.00000192. The Morgan fingerprint density at radius 1 is 1.26 bits per heavy atom. The van der Waals surface area contributed by atoms with Crippen molar-refractivity contribution in [1.29, 1.82) is 0 Å². The fraction of sp³-hybridized carbons (Fsp3) is 0.882. The van der Waals surface area contributed by atoms with Crippen LogP contribution in [0.5, 0.6) is 0 Å². The Morgan fingerprint density at radius 2 is 2.00 bits per heavy atom. The predicted octanol–water partition coefficient (Wildman–Crippen LogP) is 1.80. The Bertz CT molecular complexity index is 446. The van der Waals surface area contributed by atoms with E-state index in [0.717, 1.165) is 32.4 Å². The summed E-state index contributed by atoms with van der Waals surface area (Å²) in [6, 6.07) is 1.31. The van der Waals surface area contributed by atoms with Gasteiger partial charge in [-0.2, -0.15) is 0 Å². The molecule has 3 fully saturated rings. The van der Waals surface area contributed by atoms with Crippen molar-refractivity contribution in [3.05, 3.63) is 0 Å². The summed E-state index contributed by atoms with van der Waals surface area (Å²) in [5, 5.41) is 3.61. The molecule has 3 rings (SSSR count). The average Bonchev–Trinajstić information content (AvgIpc) is 3.01. The van der Waals surface area contributed by atoms with Gasteiger partial charge in [0, 0.05) is 44.2 Å².